The van der Waals surface area contributed by atoms with Crippen LogP contribution in [0.25, 0.3) is 5.69 Å². The van der Waals surface area contributed by atoms with Gasteiger partial charge >= 0.3 is 0 Å². The lowest BCUT2D eigenvalue weighted by molar-refractivity contribution is 0.206. The zero-order valence-corrected chi connectivity index (χ0v) is 13.5. The molecule has 3 aromatic rings. The average molecular weight is 330 g/mol. The summed E-state index contributed by atoms with van der Waals surface area (Å²) in [6.45, 7) is 1.78. The first-order chi connectivity index (χ1) is 11.1. The third kappa shape index (κ3) is 3.06. The Morgan fingerprint density at radius 1 is 1.17 bits per heavy atom. The maximum Gasteiger partial charge on any atom is 0.165 e. The Kier molecular flexibility index (Phi) is 4.32. The molecule has 118 valence electrons. The number of hydrogen-bond donors (Lipinski definition) is 1. The van der Waals surface area contributed by atoms with Gasteiger partial charge in [-0.15, -0.1) is 0 Å². The fourth-order valence-electron chi connectivity index (χ4n) is 2.42. The number of para-hydroxylation sites is 2. The molecular weight excluding hydrogens is 314 g/mol. The number of aromatic nitrogens is 3. The number of rotatable bonds is 4. The molecule has 0 spiro atoms. The molecule has 0 amide bonds. The Hall–Kier alpha value is -2.37. The molecule has 23 heavy (non-hydrogen) atoms. The van der Waals surface area contributed by atoms with E-state index in [0.29, 0.717) is 33.7 Å². The van der Waals surface area contributed by atoms with Crippen molar-refractivity contribution in [1.82, 2.24) is 14.8 Å². The number of aryl methyl sites for hydroxylation is 1. The monoisotopic (exact) mass is 329 g/mol. The molecule has 1 N–H and O–H groups in total. The molecule has 1 atom stereocenters. The largest absolute Gasteiger partial charge is 0.494 e. The van der Waals surface area contributed by atoms with Crippen LogP contribution in [0.2, 0.25) is 5.02 Å². The summed E-state index contributed by atoms with van der Waals surface area (Å²) in [5, 5.41) is 15.7. The average Bonchev–Trinajstić information content (AvgIpc) is 2.95. The van der Waals surface area contributed by atoms with E-state index in [2.05, 4.69) is 10.1 Å². The van der Waals surface area contributed by atoms with Gasteiger partial charge in [-0.2, -0.15) is 5.10 Å². The standard InChI is InChI=1S/C17H16ClN3O2/c1-11-19-17(16(22)12-6-5-7-13(18)10-12)21(20-11)14-8-3-4-9-15(14)23-2/h3-10,16,22H,1-2H3/t16-/m0/s1. The number of ether oxygens (including phenoxy) is 1. The highest BCUT2D eigenvalue weighted by molar-refractivity contribution is 6.30. The van der Waals surface area contributed by atoms with Crippen LogP contribution < -0.4 is 4.74 Å². The SMILES string of the molecule is COc1ccccc1-n1nc(C)nc1[C@@H](O)c1cccc(Cl)c1. The number of nitrogens with zero attached hydrogens (tertiary/aromatic N) is 3. The molecule has 5 nitrogen and oxygen atoms in total. The van der Waals surface area contributed by atoms with Crippen molar-refractivity contribution in [3.63, 3.8) is 0 Å². The molecule has 0 fully saturated rings. The van der Waals surface area contributed by atoms with E-state index in [1.54, 1.807) is 43.0 Å². The number of aliphatic hydroxyl groups is 1. The van der Waals surface area contributed by atoms with Crippen LogP contribution in [0.1, 0.15) is 23.3 Å². The normalized spacial score (nSPS) is 12.2. The van der Waals surface area contributed by atoms with Gasteiger partial charge in [0.1, 0.15) is 23.4 Å². The van der Waals surface area contributed by atoms with Gasteiger partial charge < -0.3 is 9.84 Å². The summed E-state index contributed by atoms with van der Waals surface area (Å²) < 4.78 is 6.97. The lowest BCUT2D eigenvalue weighted by atomic mass is 10.1. The van der Waals surface area contributed by atoms with E-state index in [4.69, 9.17) is 16.3 Å². The summed E-state index contributed by atoms with van der Waals surface area (Å²) >= 11 is 6.01. The van der Waals surface area contributed by atoms with E-state index in [-0.39, 0.29) is 0 Å². The Labute approximate surface area is 139 Å². The molecule has 0 radical (unpaired) electrons. The third-order valence-corrected chi connectivity index (χ3v) is 3.70. The van der Waals surface area contributed by atoms with Gasteiger partial charge in [0.15, 0.2) is 5.82 Å². The Bertz CT molecular complexity index is 832. The van der Waals surface area contributed by atoms with Crippen LogP contribution in [0.5, 0.6) is 5.75 Å². The molecule has 0 bridgehead atoms. The number of aliphatic hydroxyl groups excluding tert-OH is 1. The van der Waals surface area contributed by atoms with Crippen LogP contribution in [0.3, 0.4) is 0 Å². The first kappa shape index (κ1) is 15.5. The summed E-state index contributed by atoms with van der Waals surface area (Å²) in [5.41, 5.74) is 1.37. The molecule has 0 unspecified atom stereocenters. The van der Waals surface area contributed by atoms with Crippen molar-refractivity contribution in [3.8, 4) is 11.4 Å². The molecule has 1 heterocycles. The van der Waals surface area contributed by atoms with Crippen molar-refractivity contribution in [2.24, 2.45) is 0 Å². The van der Waals surface area contributed by atoms with Crippen LogP contribution in [-0.4, -0.2) is 27.0 Å². The molecular formula is C17H16ClN3O2. The van der Waals surface area contributed by atoms with Gasteiger partial charge in [-0.05, 0) is 36.8 Å². The number of methoxy groups -OCH3 is 1. The maximum absolute atomic E-state index is 10.7. The van der Waals surface area contributed by atoms with E-state index in [0.717, 1.165) is 0 Å². The molecule has 6 heteroatoms. The van der Waals surface area contributed by atoms with Gasteiger partial charge in [-0.3, -0.25) is 0 Å². The van der Waals surface area contributed by atoms with E-state index in [9.17, 15) is 5.11 Å². The predicted octanol–water partition coefficient (Wildman–Crippen LogP) is 3.32. The first-order valence-electron chi connectivity index (χ1n) is 7.10. The van der Waals surface area contributed by atoms with Crippen LogP contribution in [0, 0.1) is 6.92 Å². The number of hydrogen-bond acceptors (Lipinski definition) is 4. The molecule has 0 aliphatic rings. The second-order valence-corrected chi connectivity index (χ2v) is 5.49. The van der Waals surface area contributed by atoms with Gasteiger partial charge in [-0.25, -0.2) is 9.67 Å². The Balaban J connectivity index is 2.11. The lowest BCUT2D eigenvalue weighted by Crippen LogP contribution is -2.10. The highest BCUT2D eigenvalue weighted by Gasteiger charge is 2.21. The molecule has 3 rings (SSSR count). The molecule has 0 saturated carbocycles. The minimum atomic E-state index is -0.945. The summed E-state index contributed by atoms with van der Waals surface area (Å²) in [5.74, 6) is 1.62. The van der Waals surface area contributed by atoms with Crippen molar-refractivity contribution < 1.29 is 9.84 Å². The third-order valence-electron chi connectivity index (χ3n) is 3.46. The van der Waals surface area contributed by atoms with Gasteiger partial charge in [0.05, 0.1) is 7.11 Å². The Morgan fingerprint density at radius 3 is 2.70 bits per heavy atom. The maximum atomic E-state index is 10.7. The van der Waals surface area contributed by atoms with E-state index < -0.39 is 6.10 Å². The summed E-state index contributed by atoms with van der Waals surface area (Å²) in [4.78, 5) is 4.37. The van der Waals surface area contributed by atoms with E-state index in [1.807, 2.05) is 24.3 Å². The molecule has 0 saturated heterocycles. The minimum Gasteiger partial charge on any atom is -0.494 e. The Morgan fingerprint density at radius 2 is 1.96 bits per heavy atom. The topological polar surface area (TPSA) is 60.2 Å². The van der Waals surface area contributed by atoms with Gasteiger partial charge in [0.25, 0.3) is 0 Å². The van der Waals surface area contributed by atoms with Crippen LogP contribution >= 0.6 is 11.6 Å². The van der Waals surface area contributed by atoms with Crippen LogP contribution in [0.15, 0.2) is 48.5 Å². The van der Waals surface area contributed by atoms with Crippen molar-refractivity contribution in [1.29, 1.82) is 0 Å². The van der Waals surface area contributed by atoms with Crippen molar-refractivity contribution >= 4 is 11.6 Å². The highest BCUT2D eigenvalue weighted by Crippen LogP contribution is 2.28. The van der Waals surface area contributed by atoms with Crippen LogP contribution in [-0.2, 0) is 0 Å². The smallest absolute Gasteiger partial charge is 0.165 e. The van der Waals surface area contributed by atoms with Gasteiger partial charge in [-0.1, -0.05) is 35.9 Å². The molecule has 0 aliphatic carbocycles. The molecule has 0 aliphatic heterocycles. The summed E-state index contributed by atoms with van der Waals surface area (Å²) in [6, 6.07) is 14.5. The zero-order chi connectivity index (χ0) is 16.4. The lowest BCUT2D eigenvalue weighted by Gasteiger charge is -2.14. The van der Waals surface area contributed by atoms with Crippen molar-refractivity contribution in [3.05, 3.63) is 70.8 Å². The minimum absolute atomic E-state index is 0.411. The number of benzene rings is 2. The highest BCUT2D eigenvalue weighted by atomic mass is 35.5. The second-order valence-electron chi connectivity index (χ2n) is 5.06. The van der Waals surface area contributed by atoms with Crippen molar-refractivity contribution in [2.75, 3.05) is 7.11 Å². The molecule has 2 aromatic carbocycles. The first-order valence-corrected chi connectivity index (χ1v) is 7.48. The molecule has 1 aromatic heterocycles. The van der Waals surface area contributed by atoms with Crippen LogP contribution in [0.4, 0.5) is 0 Å². The van der Waals surface area contributed by atoms with E-state index in [1.165, 1.54) is 0 Å². The van der Waals surface area contributed by atoms with Gasteiger partial charge in [0, 0.05) is 5.02 Å². The zero-order valence-electron chi connectivity index (χ0n) is 12.8. The fraction of sp³-hybridized carbons (Fsp3) is 0.176. The summed E-state index contributed by atoms with van der Waals surface area (Å²) in [7, 11) is 1.59. The van der Waals surface area contributed by atoms with Gasteiger partial charge in [0.2, 0.25) is 0 Å². The quantitative estimate of drug-likeness (QED) is 0.797. The second kappa shape index (κ2) is 6.40. The van der Waals surface area contributed by atoms with Crippen molar-refractivity contribution in [2.45, 2.75) is 13.0 Å². The summed E-state index contributed by atoms with van der Waals surface area (Å²) in [6.07, 6.45) is -0.945. The predicted molar refractivity (Wildman–Crippen MR) is 88.2 cm³/mol. The van der Waals surface area contributed by atoms with E-state index >= 15 is 0 Å². The fourth-order valence-corrected chi connectivity index (χ4v) is 2.61. The number of halogens is 1.